The Hall–Kier alpha value is -2.81. The van der Waals surface area contributed by atoms with Gasteiger partial charge in [0.25, 0.3) is 0 Å². The number of nitrogens with zero attached hydrogens (tertiary/aromatic N) is 3. The molecule has 2 aromatic carbocycles. The number of ether oxygens (including phenoxy) is 2. The number of benzene rings is 2. The molecule has 3 aromatic rings. The molecule has 0 aliphatic heterocycles. The average Bonchev–Trinajstić information content (AvgIpc) is 2.83. The summed E-state index contributed by atoms with van der Waals surface area (Å²) in [6.07, 6.45) is 2.13. The number of rotatable bonds is 10. The lowest BCUT2D eigenvalue weighted by Crippen LogP contribution is -2.34. The highest BCUT2D eigenvalue weighted by molar-refractivity contribution is 7.83. The van der Waals surface area contributed by atoms with Crippen LogP contribution in [0.25, 0.3) is 0 Å². The van der Waals surface area contributed by atoms with Crippen molar-refractivity contribution >= 4 is 11.0 Å². The van der Waals surface area contributed by atoms with Crippen molar-refractivity contribution in [3.05, 3.63) is 83.4 Å². The highest BCUT2D eigenvalue weighted by atomic mass is 32.2. The van der Waals surface area contributed by atoms with E-state index in [2.05, 4.69) is 9.97 Å². The molecule has 0 amide bonds. The minimum atomic E-state index is -1.50. The molecule has 32 heavy (non-hydrogen) atoms. The van der Waals surface area contributed by atoms with Gasteiger partial charge in [-0.1, -0.05) is 24.3 Å². The fourth-order valence-electron chi connectivity index (χ4n) is 3.19. The first-order chi connectivity index (χ1) is 15.4. The summed E-state index contributed by atoms with van der Waals surface area (Å²) in [5, 5.41) is 10.2. The summed E-state index contributed by atoms with van der Waals surface area (Å²) in [4.78, 5) is 8.45. The molecule has 0 saturated heterocycles. The number of aliphatic hydroxyl groups is 1. The molecule has 170 valence electrons. The van der Waals surface area contributed by atoms with E-state index in [0.29, 0.717) is 18.8 Å². The maximum Gasteiger partial charge on any atom is 0.118 e. The van der Waals surface area contributed by atoms with Crippen LogP contribution >= 0.6 is 0 Å². The molecule has 1 aromatic heterocycles. The fraction of sp³-hybridized carbons (Fsp3) is 0.333. The van der Waals surface area contributed by atoms with Crippen molar-refractivity contribution in [3.8, 4) is 11.5 Å². The van der Waals surface area contributed by atoms with Crippen molar-refractivity contribution in [1.82, 2.24) is 14.3 Å². The van der Waals surface area contributed by atoms with Gasteiger partial charge in [-0.15, -0.1) is 0 Å². The first kappa shape index (κ1) is 23.8. The smallest absolute Gasteiger partial charge is 0.118 e. The third-order valence-electron chi connectivity index (χ3n) is 5.16. The Bertz CT molecular complexity index is 961. The van der Waals surface area contributed by atoms with Crippen LogP contribution in [-0.2, 0) is 24.1 Å². The molecular formula is C24H29N3O4S. The third-order valence-corrected chi connectivity index (χ3v) is 6.82. The fourth-order valence-corrected chi connectivity index (χ4v) is 4.58. The van der Waals surface area contributed by atoms with Crippen molar-refractivity contribution in [2.75, 3.05) is 14.2 Å². The zero-order valence-corrected chi connectivity index (χ0v) is 19.6. The van der Waals surface area contributed by atoms with Gasteiger partial charge in [0.1, 0.15) is 28.6 Å². The predicted molar refractivity (Wildman–Crippen MR) is 125 cm³/mol. The Kier molecular flexibility index (Phi) is 8.33. The van der Waals surface area contributed by atoms with Crippen molar-refractivity contribution in [1.29, 1.82) is 0 Å². The summed E-state index contributed by atoms with van der Waals surface area (Å²) in [7, 11) is 1.74. The van der Waals surface area contributed by atoms with E-state index >= 15 is 0 Å². The minimum Gasteiger partial charge on any atom is -0.497 e. The van der Waals surface area contributed by atoms with Gasteiger partial charge in [0, 0.05) is 19.3 Å². The molecule has 3 rings (SSSR count). The standard InChI is InChI=1S/C24H29N3O4S/c1-17-13-26-23(14-25-17)24(28)18(2)32(29)27(15-19-5-9-21(30-3)10-6-19)16-20-7-11-22(31-4)12-8-20/h5-14,18,24,28H,15-16H2,1-4H3/t18-,24+,32?/m0/s1. The van der Waals surface area contributed by atoms with E-state index in [1.54, 1.807) is 27.3 Å². The summed E-state index contributed by atoms with van der Waals surface area (Å²) in [5.41, 5.74) is 3.15. The third kappa shape index (κ3) is 6.12. The minimum absolute atomic E-state index is 0.408. The normalized spacial score (nSPS) is 14.1. The van der Waals surface area contributed by atoms with Crippen LogP contribution in [0, 0.1) is 6.92 Å². The molecule has 1 unspecified atom stereocenters. The van der Waals surface area contributed by atoms with Crippen molar-refractivity contribution in [2.24, 2.45) is 0 Å². The number of aromatic nitrogens is 2. The predicted octanol–water partition coefficient (Wildman–Crippen LogP) is 3.59. The van der Waals surface area contributed by atoms with Crippen LogP contribution in [0.4, 0.5) is 0 Å². The summed E-state index contributed by atoms with van der Waals surface area (Å²) >= 11 is 0. The van der Waals surface area contributed by atoms with Crippen LogP contribution in [0.15, 0.2) is 60.9 Å². The molecule has 0 spiro atoms. The second-order valence-corrected chi connectivity index (χ2v) is 9.32. The van der Waals surface area contributed by atoms with E-state index in [0.717, 1.165) is 28.3 Å². The van der Waals surface area contributed by atoms with Crippen molar-refractivity contribution < 1.29 is 18.8 Å². The van der Waals surface area contributed by atoms with Crippen LogP contribution in [-0.4, -0.2) is 43.1 Å². The molecule has 0 aliphatic carbocycles. The molecule has 1 heterocycles. The Morgan fingerprint density at radius 2 is 1.41 bits per heavy atom. The van der Waals surface area contributed by atoms with Gasteiger partial charge < -0.3 is 14.6 Å². The molecule has 3 atom stereocenters. The van der Waals surface area contributed by atoms with Gasteiger partial charge in [0.15, 0.2) is 0 Å². The molecular weight excluding hydrogens is 426 g/mol. The first-order valence-electron chi connectivity index (χ1n) is 10.3. The highest BCUT2D eigenvalue weighted by Gasteiger charge is 2.28. The van der Waals surface area contributed by atoms with Gasteiger partial charge in [-0.05, 0) is 49.2 Å². The van der Waals surface area contributed by atoms with Gasteiger partial charge in [0.2, 0.25) is 0 Å². The van der Waals surface area contributed by atoms with Gasteiger partial charge >= 0.3 is 0 Å². The zero-order chi connectivity index (χ0) is 23.1. The maximum atomic E-state index is 13.6. The monoisotopic (exact) mass is 455 g/mol. The number of hydrogen-bond donors (Lipinski definition) is 1. The van der Waals surface area contributed by atoms with E-state index < -0.39 is 22.3 Å². The number of hydrogen-bond acceptors (Lipinski definition) is 6. The summed E-state index contributed by atoms with van der Waals surface area (Å²) in [6.45, 7) is 4.48. The summed E-state index contributed by atoms with van der Waals surface area (Å²) < 4.78 is 25.9. The van der Waals surface area contributed by atoms with E-state index in [1.165, 1.54) is 6.20 Å². The van der Waals surface area contributed by atoms with Crippen LogP contribution in [0.3, 0.4) is 0 Å². The number of aryl methyl sites for hydroxylation is 1. The van der Waals surface area contributed by atoms with Crippen molar-refractivity contribution in [3.63, 3.8) is 0 Å². The molecule has 0 aliphatic rings. The van der Waals surface area contributed by atoms with Gasteiger partial charge in [-0.3, -0.25) is 9.97 Å². The van der Waals surface area contributed by atoms with Gasteiger partial charge in [-0.25, -0.2) is 8.51 Å². The SMILES string of the molecule is COc1ccc(CN(Cc2ccc(OC)cc2)S(=O)[C@@H](C)[C@@H](O)c2cnc(C)cn2)cc1. The first-order valence-corrected chi connectivity index (χ1v) is 11.5. The maximum absolute atomic E-state index is 13.6. The Labute approximate surface area is 191 Å². The lowest BCUT2D eigenvalue weighted by molar-refractivity contribution is 0.170. The lowest BCUT2D eigenvalue weighted by Gasteiger charge is -2.27. The van der Waals surface area contributed by atoms with Crippen LogP contribution in [0.5, 0.6) is 11.5 Å². The largest absolute Gasteiger partial charge is 0.497 e. The van der Waals surface area contributed by atoms with Crippen LogP contribution in [0.1, 0.15) is 35.5 Å². The molecule has 8 heteroatoms. The quantitative estimate of drug-likeness (QED) is 0.503. The number of aliphatic hydroxyl groups excluding tert-OH is 1. The Morgan fingerprint density at radius 1 is 0.906 bits per heavy atom. The second kappa shape index (κ2) is 11.2. The topological polar surface area (TPSA) is 84.8 Å². The summed E-state index contributed by atoms with van der Waals surface area (Å²) in [5.74, 6) is 1.52. The van der Waals surface area contributed by atoms with E-state index in [9.17, 15) is 9.32 Å². The molecule has 0 radical (unpaired) electrons. The van der Waals surface area contributed by atoms with Crippen LogP contribution < -0.4 is 9.47 Å². The zero-order valence-electron chi connectivity index (χ0n) is 18.8. The number of methoxy groups -OCH3 is 2. The van der Waals surface area contributed by atoms with E-state index in [4.69, 9.17) is 9.47 Å². The van der Waals surface area contributed by atoms with Crippen molar-refractivity contribution in [2.45, 2.75) is 38.3 Å². The molecule has 0 fully saturated rings. The molecule has 7 nitrogen and oxygen atoms in total. The Morgan fingerprint density at radius 3 is 1.81 bits per heavy atom. The van der Waals surface area contributed by atoms with E-state index in [1.807, 2.05) is 59.8 Å². The Balaban J connectivity index is 1.82. The molecule has 0 bridgehead atoms. The van der Waals surface area contributed by atoms with E-state index in [-0.39, 0.29) is 0 Å². The molecule has 0 saturated carbocycles. The van der Waals surface area contributed by atoms with Gasteiger partial charge in [0.05, 0.1) is 37.1 Å². The molecule has 1 N–H and O–H groups in total. The van der Waals surface area contributed by atoms with Crippen LogP contribution in [0.2, 0.25) is 0 Å². The second-order valence-electron chi connectivity index (χ2n) is 7.50. The lowest BCUT2D eigenvalue weighted by atomic mass is 10.2. The summed E-state index contributed by atoms with van der Waals surface area (Å²) in [6, 6.07) is 15.3. The average molecular weight is 456 g/mol. The highest BCUT2D eigenvalue weighted by Crippen LogP contribution is 2.24. The van der Waals surface area contributed by atoms with Gasteiger partial charge in [-0.2, -0.15) is 0 Å².